The molecule has 0 amide bonds. The Morgan fingerprint density at radius 2 is 1.38 bits per heavy atom. The maximum absolute atomic E-state index is 12.0. The molecule has 1 atom stereocenters. The molecule has 2 rings (SSSR count). The molecule has 5 nitrogen and oxygen atoms in total. The summed E-state index contributed by atoms with van der Waals surface area (Å²) in [6.45, 7) is 14.1. The van der Waals surface area contributed by atoms with Gasteiger partial charge in [-0.25, -0.2) is 0 Å². The van der Waals surface area contributed by atoms with Crippen LogP contribution in [-0.2, 0) is 15.4 Å². The fourth-order valence-corrected chi connectivity index (χ4v) is 4.27. The fourth-order valence-electron chi connectivity index (χ4n) is 3.47. The van der Waals surface area contributed by atoms with E-state index >= 15 is 0 Å². The van der Waals surface area contributed by atoms with Gasteiger partial charge in [0.2, 0.25) is 0 Å². The molecule has 2 aromatic carbocycles. The van der Waals surface area contributed by atoms with Crippen LogP contribution in [0.2, 0.25) is 0 Å². The number of aromatic hydroxyl groups is 1. The van der Waals surface area contributed by atoms with Crippen LogP contribution < -0.4 is 4.90 Å². The predicted octanol–water partition coefficient (Wildman–Crippen LogP) is 5.69. The molecule has 160 valence electrons. The highest BCUT2D eigenvalue weighted by atomic mass is 31.2. The molecule has 0 radical (unpaired) electrons. The van der Waals surface area contributed by atoms with Gasteiger partial charge in [0.1, 0.15) is 12.0 Å². The molecule has 0 spiro atoms. The minimum absolute atomic E-state index is 0.247. The predicted molar refractivity (Wildman–Crippen MR) is 120 cm³/mol. The lowest BCUT2D eigenvalue weighted by Gasteiger charge is -2.35. The SMILES string of the molecule is CC(c1ccccc1)N(CP(=O)(O)O)c1cc(C(C)(C)C)c(O)c(C(C)(C)C)c1. The minimum atomic E-state index is -4.32. The number of benzene rings is 2. The molecular weight excluding hydrogens is 385 g/mol. The highest BCUT2D eigenvalue weighted by Crippen LogP contribution is 2.46. The Morgan fingerprint density at radius 3 is 1.76 bits per heavy atom. The molecule has 0 saturated heterocycles. The number of phenols is 1. The molecular formula is C23H34NO4P. The zero-order chi connectivity index (χ0) is 22.2. The van der Waals surface area contributed by atoms with E-state index in [1.165, 1.54) is 0 Å². The third-order valence-electron chi connectivity index (χ3n) is 5.13. The quantitative estimate of drug-likeness (QED) is 0.543. The molecule has 6 heteroatoms. The standard InChI is InChI=1S/C23H34NO4P/c1-16(17-11-9-8-10-12-17)24(15-29(26,27)28)18-13-19(22(2,3)4)21(25)20(14-18)23(5,6)7/h8-14,16,25H,15H2,1-7H3,(H2,26,27,28). The van der Waals surface area contributed by atoms with Gasteiger partial charge in [-0.2, -0.15) is 0 Å². The minimum Gasteiger partial charge on any atom is -0.507 e. The van der Waals surface area contributed by atoms with E-state index in [-0.39, 0.29) is 22.6 Å². The molecule has 29 heavy (non-hydrogen) atoms. The lowest BCUT2D eigenvalue weighted by atomic mass is 9.79. The van der Waals surface area contributed by atoms with Crippen LogP contribution in [-0.4, -0.2) is 21.2 Å². The lowest BCUT2D eigenvalue weighted by Crippen LogP contribution is -2.29. The number of anilines is 1. The summed E-state index contributed by atoms with van der Waals surface area (Å²) in [4.78, 5) is 21.3. The summed E-state index contributed by atoms with van der Waals surface area (Å²) in [6, 6.07) is 13.1. The van der Waals surface area contributed by atoms with Gasteiger partial charge >= 0.3 is 7.60 Å². The van der Waals surface area contributed by atoms with E-state index in [0.717, 1.165) is 16.7 Å². The van der Waals surface area contributed by atoms with E-state index in [2.05, 4.69) is 0 Å². The summed E-state index contributed by atoms with van der Waals surface area (Å²) < 4.78 is 12.0. The number of nitrogens with zero attached hydrogens (tertiary/aromatic N) is 1. The number of hydrogen-bond donors (Lipinski definition) is 3. The Hall–Kier alpha value is -1.81. The van der Waals surface area contributed by atoms with Crippen molar-refractivity contribution in [1.82, 2.24) is 0 Å². The van der Waals surface area contributed by atoms with E-state index < -0.39 is 13.9 Å². The van der Waals surface area contributed by atoms with Gasteiger partial charge in [-0.3, -0.25) is 4.57 Å². The van der Waals surface area contributed by atoms with Crippen molar-refractivity contribution in [2.75, 3.05) is 11.2 Å². The Balaban J connectivity index is 2.74. The Morgan fingerprint density at radius 1 is 0.931 bits per heavy atom. The summed E-state index contributed by atoms with van der Waals surface area (Å²) in [6.07, 6.45) is -0.402. The average molecular weight is 420 g/mol. The van der Waals surface area contributed by atoms with Gasteiger partial charge in [-0.05, 0) is 35.4 Å². The number of hydrogen-bond acceptors (Lipinski definition) is 3. The summed E-state index contributed by atoms with van der Waals surface area (Å²) in [5.41, 5.74) is 2.51. The molecule has 2 aromatic rings. The molecule has 3 N–H and O–H groups in total. The Kier molecular flexibility index (Phi) is 6.59. The number of rotatable bonds is 5. The van der Waals surface area contributed by atoms with Gasteiger partial charge in [0.05, 0.1) is 6.04 Å². The maximum Gasteiger partial charge on any atom is 0.344 e. The Labute approximate surface area is 174 Å². The van der Waals surface area contributed by atoms with Crippen LogP contribution in [0.15, 0.2) is 42.5 Å². The summed E-state index contributed by atoms with van der Waals surface area (Å²) in [7, 11) is -4.32. The van der Waals surface area contributed by atoms with E-state index in [1.807, 2.05) is 90.9 Å². The molecule has 1 unspecified atom stereocenters. The smallest absolute Gasteiger partial charge is 0.344 e. The van der Waals surface area contributed by atoms with E-state index in [0.29, 0.717) is 5.69 Å². The Bertz CT molecular complexity index is 856. The van der Waals surface area contributed by atoms with E-state index in [4.69, 9.17) is 0 Å². The van der Waals surface area contributed by atoms with Crippen LogP contribution in [0.3, 0.4) is 0 Å². The molecule has 0 aliphatic rings. The van der Waals surface area contributed by atoms with Crippen molar-refractivity contribution in [3.05, 3.63) is 59.2 Å². The van der Waals surface area contributed by atoms with Crippen molar-refractivity contribution in [2.24, 2.45) is 0 Å². The summed E-state index contributed by atoms with van der Waals surface area (Å²) in [5.74, 6) is 0.247. The average Bonchev–Trinajstić information content (AvgIpc) is 2.57. The van der Waals surface area contributed by atoms with E-state index in [9.17, 15) is 19.5 Å². The molecule has 0 heterocycles. The zero-order valence-electron chi connectivity index (χ0n) is 18.5. The molecule has 0 aromatic heterocycles. The van der Waals surface area contributed by atoms with Crippen molar-refractivity contribution in [3.63, 3.8) is 0 Å². The second kappa shape index (κ2) is 8.14. The topological polar surface area (TPSA) is 81.0 Å². The van der Waals surface area contributed by atoms with Crippen molar-refractivity contribution < 1.29 is 19.5 Å². The largest absolute Gasteiger partial charge is 0.507 e. The van der Waals surface area contributed by atoms with Gasteiger partial charge in [-0.15, -0.1) is 0 Å². The molecule has 0 saturated carbocycles. The normalized spacial score (nSPS) is 14.0. The number of phenolic OH excluding ortho intramolecular Hbond substituents is 1. The van der Waals surface area contributed by atoms with E-state index in [1.54, 1.807) is 4.90 Å². The lowest BCUT2D eigenvalue weighted by molar-refractivity contribution is 0.370. The third-order valence-corrected chi connectivity index (χ3v) is 5.80. The van der Waals surface area contributed by atoms with Gasteiger partial charge in [0.15, 0.2) is 0 Å². The first kappa shape index (κ1) is 23.5. The van der Waals surface area contributed by atoms with Crippen LogP contribution >= 0.6 is 7.60 Å². The van der Waals surface area contributed by atoms with Crippen molar-refractivity contribution in [3.8, 4) is 5.75 Å². The molecule has 0 aliphatic carbocycles. The van der Waals surface area contributed by atoms with Crippen LogP contribution in [0.5, 0.6) is 5.75 Å². The summed E-state index contributed by atoms with van der Waals surface area (Å²) >= 11 is 0. The first-order valence-electron chi connectivity index (χ1n) is 9.85. The molecule has 0 fully saturated rings. The van der Waals surface area contributed by atoms with Crippen LogP contribution in [0.1, 0.15) is 71.2 Å². The van der Waals surface area contributed by atoms with Crippen molar-refractivity contribution >= 4 is 13.3 Å². The highest BCUT2D eigenvalue weighted by molar-refractivity contribution is 7.51. The highest BCUT2D eigenvalue weighted by Gasteiger charge is 2.31. The van der Waals surface area contributed by atoms with Crippen LogP contribution in [0, 0.1) is 0 Å². The fraction of sp³-hybridized carbons (Fsp3) is 0.478. The van der Waals surface area contributed by atoms with Crippen LogP contribution in [0.4, 0.5) is 5.69 Å². The third kappa shape index (κ3) is 5.85. The monoisotopic (exact) mass is 419 g/mol. The van der Waals surface area contributed by atoms with Gasteiger partial charge in [-0.1, -0.05) is 71.9 Å². The second-order valence-corrected chi connectivity index (χ2v) is 11.4. The van der Waals surface area contributed by atoms with Crippen molar-refractivity contribution in [2.45, 2.75) is 65.3 Å². The first-order valence-corrected chi connectivity index (χ1v) is 11.6. The van der Waals surface area contributed by atoms with Crippen molar-refractivity contribution in [1.29, 1.82) is 0 Å². The summed E-state index contributed by atoms with van der Waals surface area (Å²) in [5, 5.41) is 11.0. The van der Waals surface area contributed by atoms with Gasteiger partial charge < -0.3 is 19.8 Å². The van der Waals surface area contributed by atoms with Gasteiger partial charge in [0.25, 0.3) is 0 Å². The first-order chi connectivity index (χ1) is 13.1. The maximum atomic E-state index is 12.0. The molecule has 0 bridgehead atoms. The van der Waals surface area contributed by atoms with Crippen LogP contribution in [0.25, 0.3) is 0 Å². The molecule has 0 aliphatic heterocycles. The van der Waals surface area contributed by atoms with Gasteiger partial charge in [0, 0.05) is 16.8 Å². The second-order valence-electron chi connectivity index (χ2n) is 9.75. The zero-order valence-corrected chi connectivity index (χ0v) is 19.4.